The zero-order chi connectivity index (χ0) is 14.6. The van der Waals surface area contributed by atoms with E-state index in [9.17, 15) is 10.1 Å². The summed E-state index contributed by atoms with van der Waals surface area (Å²) in [6, 6.07) is 6.86. The SMILES string of the molecule is CCCCCCCNCCCc1ccc([N+](=O)[O-])cc1. The summed E-state index contributed by atoms with van der Waals surface area (Å²) in [5, 5.41) is 14.0. The van der Waals surface area contributed by atoms with Gasteiger partial charge in [-0.05, 0) is 37.9 Å². The molecule has 0 aliphatic heterocycles. The highest BCUT2D eigenvalue weighted by atomic mass is 16.6. The standard InChI is InChI=1S/C16H26N2O2/c1-2-3-4-5-6-13-17-14-7-8-15-9-11-16(12-10-15)18(19)20/h9-12,17H,2-8,13-14H2,1H3. The molecule has 1 N–H and O–H groups in total. The average Bonchev–Trinajstić information content (AvgIpc) is 2.46. The third-order valence-corrected chi connectivity index (χ3v) is 3.42. The van der Waals surface area contributed by atoms with Gasteiger partial charge < -0.3 is 5.32 Å². The number of benzene rings is 1. The molecule has 0 spiro atoms. The van der Waals surface area contributed by atoms with Crippen molar-refractivity contribution in [3.8, 4) is 0 Å². The fourth-order valence-corrected chi connectivity index (χ4v) is 2.18. The van der Waals surface area contributed by atoms with E-state index in [1.165, 1.54) is 37.7 Å². The number of nitrogens with one attached hydrogen (secondary N) is 1. The first-order chi connectivity index (χ1) is 9.74. The third-order valence-electron chi connectivity index (χ3n) is 3.42. The average molecular weight is 278 g/mol. The Morgan fingerprint density at radius 2 is 1.65 bits per heavy atom. The van der Waals surface area contributed by atoms with Crippen molar-refractivity contribution < 1.29 is 4.92 Å². The van der Waals surface area contributed by atoms with Crippen molar-refractivity contribution in [3.63, 3.8) is 0 Å². The lowest BCUT2D eigenvalue weighted by atomic mass is 10.1. The Kier molecular flexibility index (Phi) is 8.63. The van der Waals surface area contributed by atoms with Gasteiger partial charge in [0.15, 0.2) is 0 Å². The molecule has 1 aromatic rings. The van der Waals surface area contributed by atoms with Gasteiger partial charge in [0.05, 0.1) is 4.92 Å². The number of non-ortho nitro benzene ring substituents is 1. The topological polar surface area (TPSA) is 55.2 Å². The smallest absolute Gasteiger partial charge is 0.269 e. The van der Waals surface area contributed by atoms with Crippen LogP contribution in [0.4, 0.5) is 5.69 Å². The molecule has 0 bridgehead atoms. The van der Waals surface area contributed by atoms with Crippen molar-refractivity contribution in [2.45, 2.75) is 51.9 Å². The van der Waals surface area contributed by atoms with Crippen molar-refractivity contribution in [1.82, 2.24) is 5.32 Å². The first-order valence-electron chi connectivity index (χ1n) is 7.68. The summed E-state index contributed by atoms with van der Waals surface area (Å²) in [7, 11) is 0. The van der Waals surface area contributed by atoms with Gasteiger partial charge in [0, 0.05) is 12.1 Å². The molecule has 20 heavy (non-hydrogen) atoms. The molecule has 4 heteroatoms. The molecule has 4 nitrogen and oxygen atoms in total. The van der Waals surface area contributed by atoms with Crippen LogP contribution in [0.25, 0.3) is 0 Å². The molecular formula is C16H26N2O2. The zero-order valence-corrected chi connectivity index (χ0v) is 12.4. The van der Waals surface area contributed by atoms with E-state index in [2.05, 4.69) is 12.2 Å². The van der Waals surface area contributed by atoms with E-state index in [1.807, 2.05) is 12.1 Å². The fourth-order valence-electron chi connectivity index (χ4n) is 2.18. The molecular weight excluding hydrogens is 252 g/mol. The van der Waals surface area contributed by atoms with E-state index < -0.39 is 0 Å². The van der Waals surface area contributed by atoms with E-state index in [4.69, 9.17) is 0 Å². The molecule has 0 unspecified atom stereocenters. The molecule has 0 aromatic heterocycles. The Bertz CT molecular complexity index is 377. The maximum absolute atomic E-state index is 10.5. The van der Waals surface area contributed by atoms with Gasteiger partial charge in [-0.3, -0.25) is 10.1 Å². The lowest BCUT2D eigenvalue weighted by molar-refractivity contribution is -0.384. The molecule has 0 radical (unpaired) electrons. The Morgan fingerprint density at radius 1 is 1.00 bits per heavy atom. The number of unbranched alkanes of at least 4 members (excludes halogenated alkanes) is 4. The van der Waals surface area contributed by atoms with Gasteiger partial charge in [0.1, 0.15) is 0 Å². The second kappa shape index (κ2) is 10.4. The number of rotatable bonds is 11. The Morgan fingerprint density at radius 3 is 2.30 bits per heavy atom. The number of aryl methyl sites for hydroxylation is 1. The maximum Gasteiger partial charge on any atom is 0.269 e. The highest BCUT2D eigenvalue weighted by molar-refractivity contribution is 5.32. The van der Waals surface area contributed by atoms with Crippen molar-refractivity contribution in [1.29, 1.82) is 0 Å². The second-order valence-electron chi connectivity index (χ2n) is 5.19. The summed E-state index contributed by atoms with van der Waals surface area (Å²) in [5.41, 5.74) is 1.33. The Labute approximate surface area is 121 Å². The van der Waals surface area contributed by atoms with Crippen molar-refractivity contribution in [2.24, 2.45) is 0 Å². The summed E-state index contributed by atoms with van der Waals surface area (Å²) < 4.78 is 0. The molecule has 0 atom stereocenters. The summed E-state index contributed by atoms with van der Waals surface area (Å²) in [4.78, 5) is 10.2. The van der Waals surface area contributed by atoms with Crippen molar-refractivity contribution in [2.75, 3.05) is 13.1 Å². The van der Waals surface area contributed by atoms with Crippen molar-refractivity contribution in [3.05, 3.63) is 39.9 Å². The van der Waals surface area contributed by atoms with Crippen LogP contribution in [0.5, 0.6) is 0 Å². The monoisotopic (exact) mass is 278 g/mol. The number of nitro benzene ring substituents is 1. The number of nitrogens with zero attached hydrogens (tertiary/aromatic N) is 1. The van der Waals surface area contributed by atoms with Crippen LogP contribution in [0.2, 0.25) is 0 Å². The first kappa shape index (κ1) is 16.6. The number of hydrogen-bond acceptors (Lipinski definition) is 3. The molecule has 0 heterocycles. The highest BCUT2D eigenvalue weighted by Gasteiger charge is 2.03. The minimum absolute atomic E-state index is 0.166. The quantitative estimate of drug-likeness (QED) is 0.377. The minimum atomic E-state index is -0.357. The Hall–Kier alpha value is -1.42. The minimum Gasteiger partial charge on any atom is -0.317 e. The van der Waals surface area contributed by atoms with Crippen LogP contribution in [0.15, 0.2) is 24.3 Å². The molecule has 0 fully saturated rings. The first-order valence-corrected chi connectivity index (χ1v) is 7.68. The summed E-state index contributed by atoms with van der Waals surface area (Å²) in [5.74, 6) is 0. The van der Waals surface area contributed by atoms with Crippen LogP contribution in [0.3, 0.4) is 0 Å². The van der Waals surface area contributed by atoms with Gasteiger partial charge in [-0.1, -0.05) is 44.7 Å². The van der Waals surface area contributed by atoms with E-state index >= 15 is 0 Å². The predicted octanol–water partition coefficient (Wildman–Crippen LogP) is 4.09. The van der Waals surface area contributed by atoms with E-state index in [0.29, 0.717) is 0 Å². The molecule has 1 rings (SSSR count). The van der Waals surface area contributed by atoms with Gasteiger partial charge in [-0.15, -0.1) is 0 Å². The summed E-state index contributed by atoms with van der Waals surface area (Å²) in [6.45, 7) is 4.35. The van der Waals surface area contributed by atoms with Crippen LogP contribution in [0, 0.1) is 10.1 Å². The van der Waals surface area contributed by atoms with Crippen LogP contribution in [0.1, 0.15) is 51.0 Å². The van der Waals surface area contributed by atoms with E-state index in [-0.39, 0.29) is 10.6 Å². The van der Waals surface area contributed by atoms with Crippen LogP contribution in [-0.2, 0) is 6.42 Å². The van der Waals surface area contributed by atoms with Crippen LogP contribution >= 0.6 is 0 Å². The number of nitro groups is 1. The van der Waals surface area contributed by atoms with Gasteiger partial charge in [-0.25, -0.2) is 0 Å². The van der Waals surface area contributed by atoms with E-state index in [0.717, 1.165) is 25.9 Å². The van der Waals surface area contributed by atoms with Crippen LogP contribution < -0.4 is 5.32 Å². The summed E-state index contributed by atoms with van der Waals surface area (Å²) in [6.07, 6.45) is 8.62. The summed E-state index contributed by atoms with van der Waals surface area (Å²) >= 11 is 0. The second-order valence-corrected chi connectivity index (χ2v) is 5.19. The largest absolute Gasteiger partial charge is 0.317 e. The predicted molar refractivity (Wildman–Crippen MR) is 83.0 cm³/mol. The highest BCUT2D eigenvalue weighted by Crippen LogP contribution is 2.12. The van der Waals surface area contributed by atoms with Gasteiger partial charge in [-0.2, -0.15) is 0 Å². The molecule has 0 saturated heterocycles. The van der Waals surface area contributed by atoms with Crippen molar-refractivity contribution >= 4 is 5.69 Å². The molecule has 0 saturated carbocycles. The van der Waals surface area contributed by atoms with Gasteiger partial charge >= 0.3 is 0 Å². The molecule has 0 aliphatic carbocycles. The molecule has 1 aromatic carbocycles. The molecule has 0 aliphatic rings. The van der Waals surface area contributed by atoms with E-state index in [1.54, 1.807) is 12.1 Å². The lowest BCUT2D eigenvalue weighted by Gasteiger charge is -2.05. The molecule has 112 valence electrons. The Balaban J connectivity index is 2.02. The van der Waals surface area contributed by atoms with Gasteiger partial charge in [0.2, 0.25) is 0 Å². The van der Waals surface area contributed by atoms with Gasteiger partial charge in [0.25, 0.3) is 5.69 Å². The van der Waals surface area contributed by atoms with Crippen LogP contribution in [-0.4, -0.2) is 18.0 Å². The fraction of sp³-hybridized carbons (Fsp3) is 0.625. The normalized spacial score (nSPS) is 10.7. The number of hydrogen-bond donors (Lipinski definition) is 1. The molecule has 0 amide bonds. The third kappa shape index (κ3) is 7.24. The maximum atomic E-state index is 10.5. The zero-order valence-electron chi connectivity index (χ0n) is 12.4. The lowest BCUT2D eigenvalue weighted by Crippen LogP contribution is -2.17.